The molecule has 3 heteroatoms. The Morgan fingerprint density at radius 2 is 2.14 bits per heavy atom. The summed E-state index contributed by atoms with van der Waals surface area (Å²) < 4.78 is 0. The number of halogens is 1. The second-order valence-corrected chi connectivity index (χ2v) is 5.00. The van der Waals surface area contributed by atoms with Gasteiger partial charge in [0, 0.05) is 24.4 Å². The van der Waals surface area contributed by atoms with E-state index in [0.29, 0.717) is 29.7 Å². The standard InChI is InChI=1S/C11H18ClNO/c1-8-7-10(8)11(14)13(6-5-12)9-3-2-4-9/h8-10H,2-7H2,1H3. The van der Waals surface area contributed by atoms with Crippen LogP contribution in [-0.4, -0.2) is 29.3 Å². The molecule has 2 atom stereocenters. The summed E-state index contributed by atoms with van der Waals surface area (Å²) in [5, 5.41) is 0. The topological polar surface area (TPSA) is 20.3 Å². The highest BCUT2D eigenvalue weighted by atomic mass is 35.5. The lowest BCUT2D eigenvalue weighted by atomic mass is 9.91. The van der Waals surface area contributed by atoms with Gasteiger partial charge in [-0.1, -0.05) is 6.92 Å². The number of hydrogen-bond donors (Lipinski definition) is 0. The fourth-order valence-electron chi connectivity index (χ4n) is 2.14. The highest BCUT2D eigenvalue weighted by Crippen LogP contribution is 2.40. The average molecular weight is 216 g/mol. The van der Waals surface area contributed by atoms with Crippen molar-refractivity contribution < 1.29 is 4.79 Å². The summed E-state index contributed by atoms with van der Waals surface area (Å²) in [5.41, 5.74) is 0. The molecule has 0 aliphatic heterocycles. The van der Waals surface area contributed by atoms with Gasteiger partial charge in [0.15, 0.2) is 0 Å². The molecule has 0 saturated heterocycles. The fourth-order valence-corrected chi connectivity index (χ4v) is 2.32. The van der Waals surface area contributed by atoms with Gasteiger partial charge in [-0.25, -0.2) is 0 Å². The van der Waals surface area contributed by atoms with Crippen LogP contribution in [0, 0.1) is 11.8 Å². The third-order valence-electron chi connectivity index (χ3n) is 3.55. The van der Waals surface area contributed by atoms with Gasteiger partial charge in [0.1, 0.15) is 0 Å². The second kappa shape index (κ2) is 4.09. The average Bonchev–Trinajstić information content (AvgIpc) is 2.77. The molecule has 2 rings (SSSR count). The van der Waals surface area contributed by atoms with Crippen LogP contribution in [0.3, 0.4) is 0 Å². The molecular formula is C11H18ClNO. The molecule has 80 valence electrons. The molecule has 14 heavy (non-hydrogen) atoms. The van der Waals surface area contributed by atoms with Crippen LogP contribution in [0.1, 0.15) is 32.6 Å². The largest absolute Gasteiger partial charge is 0.338 e. The minimum absolute atomic E-state index is 0.318. The van der Waals surface area contributed by atoms with Crippen molar-refractivity contribution in [2.75, 3.05) is 12.4 Å². The Kier molecular flexibility index (Phi) is 3.01. The van der Waals surface area contributed by atoms with Crippen LogP contribution in [0.4, 0.5) is 0 Å². The zero-order chi connectivity index (χ0) is 10.1. The predicted octanol–water partition coefficient (Wildman–Crippen LogP) is 2.26. The van der Waals surface area contributed by atoms with Crippen LogP contribution < -0.4 is 0 Å². The minimum atomic E-state index is 0.318. The first kappa shape index (κ1) is 10.3. The van der Waals surface area contributed by atoms with Gasteiger partial charge in [0.25, 0.3) is 0 Å². The van der Waals surface area contributed by atoms with Gasteiger partial charge < -0.3 is 4.90 Å². The molecular weight excluding hydrogens is 198 g/mol. The van der Waals surface area contributed by atoms with Crippen LogP contribution in [-0.2, 0) is 4.79 Å². The molecule has 1 amide bonds. The normalized spacial score (nSPS) is 31.0. The fraction of sp³-hybridized carbons (Fsp3) is 0.909. The molecule has 0 heterocycles. The molecule has 2 nitrogen and oxygen atoms in total. The lowest BCUT2D eigenvalue weighted by molar-refractivity contribution is -0.136. The SMILES string of the molecule is CC1CC1C(=O)N(CCCl)C1CCC1. The quantitative estimate of drug-likeness (QED) is 0.659. The Hall–Kier alpha value is -0.240. The monoisotopic (exact) mass is 215 g/mol. The molecule has 0 radical (unpaired) electrons. The lowest BCUT2D eigenvalue weighted by Crippen LogP contribution is -2.46. The Bertz CT molecular complexity index is 227. The van der Waals surface area contributed by atoms with E-state index in [1.54, 1.807) is 0 Å². The number of carbonyl (C=O) groups excluding carboxylic acids is 1. The maximum absolute atomic E-state index is 12.0. The Morgan fingerprint density at radius 3 is 2.50 bits per heavy atom. The zero-order valence-corrected chi connectivity index (χ0v) is 9.46. The Morgan fingerprint density at radius 1 is 1.50 bits per heavy atom. The van der Waals surface area contributed by atoms with E-state index in [4.69, 9.17) is 11.6 Å². The number of alkyl halides is 1. The first-order chi connectivity index (χ1) is 6.74. The van der Waals surface area contributed by atoms with Crippen LogP contribution in [0.15, 0.2) is 0 Å². The Balaban J connectivity index is 1.91. The highest BCUT2D eigenvalue weighted by molar-refractivity contribution is 6.18. The van der Waals surface area contributed by atoms with Crippen molar-refractivity contribution >= 4 is 17.5 Å². The summed E-state index contributed by atoms with van der Waals surface area (Å²) >= 11 is 5.73. The molecule has 0 N–H and O–H groups in total. The molecule has 2 unspecified atom stereocenters. The maximum atomic E-state index is 12.0. The summed E-state index contributed by atoms with van der Waals surface area (Å²) in [4.78, 5) is 14.0. The van der Waals surface area contributed by atoms with Crippen molar-refractivity contribution in [3.63, 3.8) is 0 Å². The highest BCUT2D eigenvalue weighted by Gasteiger charge is 2.43. The van der Waals surface area contributed by atoms with E-state index in [0.717, 1.165) is 13.0 Å². The van der Waals surface area contributed by atoms with Gasteiger partial charge in [0.2, 0.25) is 5.91 Å². The van der Waals surface area contributed by atoms with E-state index in [-0.39, 0.29) is 0 Å². The maximum Gasteiger partial charge on any atom is 0.226 e. The molecule has 2 fully saturated rings. The lowest BCUT2D eigenvalue weighted by Gasteiger charge is -2.37. The van der Waals surface area contributed by atoms with Gasteiger partial charge in [-0.15, -0.1) is 11.6 Å². The number of carbonyl (C=O) groups is 1. The molecule has 2 aliphatic carbocycles. The van der Waals surface area contributed by atoms with Crippen LogP contribution in [0.25, 0.3) is 0 Å². The van der Waals surface area contributed by atoms with Crippen molar-refractivity contribution in [2.45, 2.75) is 38.6 Å². The molecule has 0 bridgehead atoms. The summed E-state index contributed by atoms with van der Waals surface area (Å²) in [7, 11) is 0. The summed E-state index contributed by atoms with van der Waals surface area (Å²) in [6, 6.07) is 0.508. The van der Waals surface area contributed by atoms with E-state index in [1.165, 1.54) is 19.3 Å². The molecule has 0 aromatic carbocycles. The number of hydrogen-bond acceptors (Lipinski definition) is 1. The van der Waals surface area contributed by atoms with E-state index >= 15 is 0 Å². The van der Waals surface area contributed by atoms with Gasteiger partial charge in [0.05, 0.1) is 0 Å². The van der Waals surface area contributed by atoms with Crippen LogP contribution in [0.2, 0.25) is 0 Å². The number of nitrogens with zero attached hydrogens (tertiary/aromatic N) is 1. The van der Waals surface area contributed by atoms with Crippen LogP contribution >= 0.6 is 11.6 Å². The van der Waals surface area contributed by atoms with Crippen molar-refractivity contribution in [1.82, 2.24) is 4.90 Å². The smallest absolute Gasteiger partial charge is 0.226 e. The first-order valence-electron chi connectivity index (χ1n) is 5.60. The van der Waals surface area contributed by atoms with E-state index in [9.17, 15) is 4.79 Å². The third kappa shape index (κ3) is 1.90. The Labute approximate surface area is 90.6 Å². The van der Waals surface area contributed by atoms with E-state index in [2.05, 4.69) is 6.92 Å². The summed E-state index contributed by atoms with van der Waals surface area (Å²) in [5.74, 6) is 1.87. The third-order valence-corrected chi connectivity index (χ3v) is 3.72. The van der Waals surface area contributed by atoms with Crippen LogP contribution in [0.5, 0.6) is 0 Å². The predicted molar refractivity (Wildman–Crippen MR) is 57.3 cm³/mol. The number of rotatable bonds is 4. The van der Waals surface area contributed by atoms with Crippen molar-refractivity contribution in [3.8, 4) is 0 Å². The molecule has 0 aromatic heterocycles. The van der Waals surface area contributed by atoms with E-state index < -0.39 is 0 Å². The van der Waals surface area contributed by atoms with Crippen molar-refractivity contribution in [2.24, 2.45) is 11.8 Å². The molecule has 0 aromatic rings. The zero-order valence-electron chi connectivity index (χ0n) is 8.71. The second-order valence-electron chi connectivity index (χ2n) is 4.62. The van der Waals surface area contributed by atoms with Crippen molar-refractivity contribution in [1.29, 1.82) is 0 Å². The van der Waals surface area contributed by atoms with E-state index in [1.807, 2.05) is 4.90 Å². The molecule has 2 saturated carbocycles. The molecule has 2 aliphatic rings. The number of amides is 1. The summed E-state index contributed by atoms with van der Waals surface area (Å²) in [6.45, 7) is 2.90. The van der Waals surface area contributed by atoms with Gasteiger partial charge in [-0.2, -0.15) is 0 Å². The minimum Gasteiger partial charge on any atom is -0.338 e. The van der Waals surface area contributed by atoms with Crippen molar-refractivity contribution in [3.05, 3.63) is 0 Å². The first-order valence-corrected chi connectivity index (χ1v) is 6.14. The summed E-state index contributed by atoms with van der Waals surface area (Å²) in [6.07, 6.45) is 4.73. The van der Waals surface area contributed by atoms with Gasteiger partial charge in [-0.3, -0.25) is 4.79 Å². The van der Waals surface area contributed by atoms with Gasteiger partial charge >= 0.3 is 0 Å². The van der Waals surface area contributed by atoms with Gasteiger partial charge in [-0.05, 0) is 31.6 Å². The molecule has 0 spiro atoms.